The van der Waals surface area contributed by atoms with Crippen molar-refractivity contribution >= 4 is 0 Å². The van der Waals surface area contributed by atoms with E-state index in [1.807, 2.05) is 18.2 Å². The van der Waals surface area contributed by atoms with Gasteiger partial charge in [0, 0.05) is 31.7 Å². The maximum absolute atomic E-state index is 9.43. The van der Waals surface area contributed by atoms with Crippen molar-refractivity contribution in [2.45, 2.75) is 6.17 Å². The summed E-state index contributed by atoms with van der Waals surface area (Å²) in [6, 6.07) is 10.3. The summed E-state index contributed by atoms with van der Waals surface area (Å²) in [6.07, 6.45) is 0.147. The van der Waals surface area contributed by atoms with Crippen LogP contribution in [0.5, 0.6) is 0 Å². The van der Waals surface area contributed by atoms with Crippen LogP contribution in [0, 0.1) is 11.3 Å². The molecule has 21 heavy (non-hydrogen) atoms. The topological polar surface area (TPSA) is 48.7 Å². The fourth-order valence-electron chi connectivity index (χ4n) is 3.09. The molecule has 2 saturated heterocycles. The van der Waals surface area contributed by atoms with Gasteiger partial charge in [-0.1, -0.05) is 18.2 Å². The molecule has 5 heteroatoms. The van der Waals surface area contributed by atoms with Crippen molar-refractivity contribution in [3.8, 4) is 6.07 Å². The Labute approximate surface area is 125 Å². The summed E-state index contributed by atoms with van der Waals surface area (Å²) in [5, 5.41) is 9.43. The van der Waals surface area contributed by atoms with Crippen molar-refractivity contribution in [1.82, 2.24) is 9.80 Å². The lowest BCUT2D eigenvalue weighted by Gasteiger charge is -2.43. The zero-order valence-electron chi connectivity index (χ0n) is 12.2. The smallest absolute Gasteiger partial charge is 0.0995 e. The summed E-state index contributed by atoms with van der Waals surface area (Å²) in [5.74, 6) is 0. The first-order valence-corrected chi connectivity index (χ1v) is 7.53. The molecule has 2 aliphatic heterocycles. The molecule has 2 fully saturated rings. The summed E-state index contributed by atoms with van der Waals surface area (Å²) in [5.41, 5.74) is 1.87. The zero-order chi connectivity index (χ0) is 14.5. The summed E-state index contributed by atoms with van der Waals surface area (Å²) >= 11 is 0. The second-order valence-electron chi connectivity index (χ2n) is 5.37. The lowest BCUT2D eigenvalue weighted by Crippen LogP contribution is -2.50. The highest BCUT2D eigenvalue weighted by Crippen LogP contribution is 2.29. The Morgan fingerprint density at radius 2 is 1.43 bits per heavy atom. The Bertz CT molecular complexity index is 484. The Hall–Kier alpha value is -1.45. The first-order valence-electron chi connectivity index (χ1n) is 7.53. The summed E-state index contributed by atoms with van der Waals surface area (Å²) < 4.78 is 11.0. The molecular formula is C16H21N3O2. The van der Waals surface area contributed by atoms with Gasteiger partial charge in [0.2, 0.25) is 0 Å². The van der Waals surface area contributed by atoms with Crippen molar-refractivity contribution in [3.05, 3.63) is 35.4 Å². The summed E-state index contributed by atoms with van der Waals surface area (Å²) in [4.78, 5) is 4.84. The molecule has 0 bridgehead atoms. The summed E-state index contributed by atoms with van der Waals surface area (Å²) in [6.45, 7) is 6.66. The monoisotopic (exact) mass is 287 g/mol. The molecule has 1 aromatic carbocycles. The van der Waals surface area contributed by atoms with Crippen molar-refractivity contribution in [2.75, 3.05) is 52.6 Å². The maximum Gasteiger partial charge on any atom is 0.0995 e. The van der Waals surface area contributed by atoms with Crippen LogP contribution in [0.1, 0.15) is 17.3 Å². The van der Waals surface area contributed by atoms with E-state index in [1.165, 1.54) is 0 Å². The van der Waals surface area contributed by atoms with Crippen LogP contribution in [0.3, 0.4) is 0 Å². The van der Waals surface area contributed by atoms with Gasteiger partial charge >= 0.3 is 0 Å². The van der Waals surface area contributed by atoms with Crippen LogP contribution >= 0.6 is 0 Å². The van der Waals surface area contributed by atoms with Crippen molar-refractivity contribution in [2.24, 2.45) is 0 Å². The number of rotatable bonds is 3. The van der Waals surface area contributed by atoms with Crippen LogP contribution in [-0.4, -0.2) is 62.4 Å². The van der Waals surface area contributed by atoms with Gasteiger partial charge in [-0.2, -0.15) is 5.26 Å². The standard InChI is InChI=1S/C16H21N3O2/c17-13-14-3-1-2-4-15(14)16(18-5-9-20-10-6-18)19-7-11-21-12-8-19/h1-4,16H,5-12H2. The molecular weight excluding hydrogens is 266 g/mol. The molecule has 2 heterocycles. The van der Waals surface area contributed by atoms with Crippen molar-refractivity contribution in [1.29, 1.82) is 5.26 Å². The van der Waals surface area contributed by atoms with E-state index in [0.717, 1.165) is 63.7 Å². The van der Waals surface area contributed by atoms with E-state index >= 15 is 0 Å². The third-order valence-corrected chi connectivity index (χ3v) is 4.14. The van der Waals surface area contributed by atoms with E-state index in [2.05, 4.69) is 21.9 Å². The fourth-order valence-corrected chi connectivity index (χ4v) is 3.09. The minimum atomic E-state index is 0.147. The number of morpholine rings is 2. The molecule has 0 unspecified atom stereocenters. The predicted molar refractivity (Wildman–Crippen MR) is 78.7 cm³/mol. The third-order valence-electron chi connectivity index (χ3n) is 4.14. The third kappa shape index (κ3) is 3.25. The molecule has 0 aromatic heterocycles. The Morgan fingerprint density at radius 1 is 0.905 bits per heavy atom. The lowest BCUT2D eigenvalue weighted by atomic mass is 10.0. The van der Waals surface area contributed by atoms with E-state index in [-0.39, 0.29) is 6.17 Å². The molecule has 0 amide bonds. The van der Waals surface area contributed by atoms with E-state index in [4.69, 9.17) is 9.47 Å². The van der Waals surface area contributed by atoms with E-state index in [0.29, 0.717) is 0 Å². The van der Waals surface area contributed by atoms with Crippen LogP contribution < -0.4 is 0 Å². The van der Waals surface area contributed by atoms with Crippen LogP contribution in [0.4, 0.5) is 0 Å². The highest BCUT2D eigenvalue weighted by molar-refractivity contribution is 5.39. The predicted octanol–water partition coefficient (Wildman–Crippen LogP) is 1.22. The summed E-state index contributed by atoms with van der Waals surface area (Å²) in [7, 11) is 0. The molecule has 0 aliphatic carbocycles. The number of benzene rings is 1. The molecule has 2 aliphatic rings. The normalized spacial score (nSPS) is 21.3. The molecule has 0 radical (unpaired) electrons. The first kappa shape index (κ1) is 14.5. The molecule has 3 rings (SSSR count). The second kappa shape index (κ2) is 7.01. The average molecular weight is 287 g/mol. The Kier molecular flexibility index (Phi) is 4.84. The van der Waals surface area contributed by atoms with Gasteiger partial charge in [-0.3, -0.25) is 9.80 Å². The largest absolute Gasteiger partial charge is 0.379 e. The highest BCUT2D eigenvalue weighted by atomic mass is 16.5. The van der Waals surface area contributed by atoms with Crippen LogP contribution in [0.25, 0.3) is 0 Å². The van der Waals surface area contributed by atoms with Gasteiger partial charge in [-0.25, -0.2) is 0 Å². The minimum absolute atomic E-state index is 0.147. The van der Waals surface area contributed by atoms with Gasteiger partial charge in [-0.05, 0) is 6.07 Å². The molecule has 112 valence electrons. The van der Waals surface area contributed by atoms with Crippen molar-refractivity contribution in [3.63, 3.8) is 0 Å². The van der Waals surface area contributed by atoms with E-state index in [1.54, 1.807) is 0 Å². The average Bonchev–Trinajstić information content (AvgIpc) is 2.58. The van der Waals surface area contributed by atoms with Gasteiger partial charge in [0.05, 0.1) is 44.2 Å². The number of ether oxygens (including phenoxy) is 2. The van der Waals surface area contributed by atoms with Gasteiger partial charge in [0.15, 0.2) is 0 Å². The minimum Gasteiger partial charge on any atom is -0.379 e. The quantitative estimate of drug-likeness (QED) is 0.836. The van der Waals surface area contributed by atoms with Crippen LogP contribution in [-0.2, 0) is 9.47 Å². The zero-order valence-corrected chi connectivity index (χ0v) is 12.2. The number of hydrogen-bond donors (Lipinski definition) is 0. The van der Waals surface area contributed by atoms with Crippen LogP contribution in [0.15, 0.2) is 24.3 Å². The SMILES string of the molecule is N#Cc1ccccc1C(N1CCOCC1)N1CCOCC1. The second-order valence-corrected chi connectivity index (χ2v) is 5.37. The Morgan fingerprint density at radius 3 is 1.95 bits per heavy atom. The lowest BCUT2D eigenvalue weighted by molar-refractivity contribution is -0.0677. The maximum atomic E-state index is 9.43. The molecule has 0 atom stereocenters. The van der Waals surface area contributed by atoms with Gasteiger partial charge in [0.1, 0.15) is 0 Å². The molecule has 5 nitrogen and oxygen atoms in total. The van der Waals surface area contributed by atoms with Gasteiger partial charge in [-0.15, -0.1) is 0 Å². The van der Waals surface area contributed by atoms with E-state index < -0.39 is 0 Å². The van der Waals surface area contributed by atoms with Gasteiger partial charge < -0.3 is 9.47 Å². The number of hydrogen-bond acceptors (Lipinski definition) is 5. The molecule has 0 spiro atoms. The molecule has 0 saturated carbocycles. The van der Waals surface area contributed by atoms with E-state index in [9.17, 15) is 5.26 Å². The number of nitriles is 1. The first-order chi connectivity index (χ1) is 10.4. The number of nitrogens with zero attached hydrogens (tertiary/aromatic N) is 3. The fraction of sp³-hybridized carbons (Fsp3) is 0.562. The van der Waals surface area contributed by atoms with Crippen molar-refractivity contribution < 1.29 is 9.47 Å². The molecule has 1 aromatic rings. The Balaban J connectivity index is 1.92. The van der Waals surface area contributed by atoms with Crippen LogP contribution in [0.2, 0.25) is 0 Å². The molecule has 0 N–H and O–H groups in total. The highest BCUT2D eigenvalue weighted by Gasteiger charge is 2.30. The van der Waals surface area contributed by atoms with Gasteiger partial charge in [0.25, 0.3) is 0 Å².